The van der Waals surface area contributed by atoms with E-state index >= 15 is 4.39 Å². The summed E-state index contributed by atoms with van der Waals surface area (Å²) in [6.07, 6.45) is -0.150. The molecule has 148 valence electrons. The summed E-state index contributed by atoms with van der Waals surface area (Å²) in [7, 11) is -3.60. The van der Waals surface area contributed by atoms with Crippen LogP contribution in [0, 0.1) is 0 Å². The lowest BCUT2D eigenvalue weighted by atomic mass is 10.1. The second-order valence-electron chi connectivity index (χ2n) is 8.10. The first-order chi connectivity index (χ1) is 11.8. The fourth-order valence-electron chi connectivity index (χ4n) is 4.69. The summed E-state index contributed by atoms with van der Waals surface area (Å²) >= 11 is 0. The molecule has 2 aliphatic rings. The van der Waals surface area contributed by atoms with Crippen molar-refractivity contribution in [2.75, 3.05) is 6.61 Å². The lowest BCUT2D eigenvalue weighted by molar-refractivity contribution is -0.0482. The number of hydrogen-bond donors (Lipinski definition) is 0. The van der Waals surface area contributed by atoms with Crippen LogP contribution < -0.4 is 0 Å². The first-order valence-corrected chi connectivity index (χ1v) is 15.5. The number of fused-ring (bicyclic) bond motifs is 1. The Hall–Kier alpha value is 0.244. The van der Waals surface area contributed by atoms with Gasteiger partial charge in [-0.05, 0) is 43.2 Å². The summed E-state index contributed by atoms with van der Waals surface area (Å²) in [4.78, 5) is 0. The molecule has 0 bridgehead atoms. The summed E-state index contributed by atoms with van der Waals surface area (Å²) in [6, 6.07) is 6.43. The summed E-state index contributed by atoms with van der Waals surface area (Å²) < 4.78 is 34.8. The summed E-state index contributed by atoms with van der Waals surface area (Å²) in [5.41, 5.74) is -2.05. The Balaban J connectivity index is 2.18. The Labute approximate surface area is 156 Å². The molecule has 25 heavy (non-hydrogen) atoms. The lowest BCUT2D eigenvalue weighted by Gasteiger charge is -2.37. The monoisotopic (exact) mass is 390 g/mol. The van der Waals surface area contributed by atoms with Crippen LogP contribution >= 0.6 is 0 Å². The molecule has 1 saturated heterocycles. The van der Waals surface area contributed by atoms with E-state index in [0.29, 0.717) is 13.0 Å². The zero-order valence-corrected chi connectivity index (χ0v) is 19.4. The maximum absolute atomic E-state index is 15.5. The predicted octanol–water partition coefficient (Wildman–Crippen LogP) is 5.67. The van der Waals surface area contributed by atoms with Gasteiger partial charge in [-0.1, -0.05) is 41.5 Å². The first kappa shape index (κ1) is 21.5. The summed E-state index contributed by atoms with van der Waals surface area (Å²) in [6.45, 7) is 15.6. The predicted molar refractivity (Wildman–Crippen MR) is 107 cm³/mol. The van der Waals surface area contributed by atoms with Gasteiger partial charge in [-0.3, -0.25) is 0 Å². The molecule has 1 saturated carbocycles. The largest absolute Gasteiger partial charge is 0.414 e. The highest BCUT2D eigenvalue weighted by Crippen LogP contribution is 2.66. The molecule has 2 unspecified atom stereocenters. The molecule has 3 nitrogen and oxygen atoms in total. The maximum Gasteiger partial charge on any atom is 0.193 e. The van der Waals surface area contributed by atoms with E-state index < -0.39 is 27.9 Å². The minimum Gasteiger partial charge on any atom is -0.414 e. The van der Waals surface area contributed by atoms with Crippen LogP contribution in [0.4, 0.5) is 4.39 Å². The number of alkyl halides is 1. The Morgan fingerprint density at radius 1 is 0.920 bits per heavy atom. The van der Waals surface area contributed by atoms with Crippen molar-refractivity contribution in [3.8, 4) is 0 Å². The smallest absolute Gasteiger partial charge is 0.193 e. The zero-order valence-electron chi connectivity index (χ0n) is 17.4. The molecule has 0 radical (unpaired) electrons. The minimum absolute atomic E-state index is 0.249. The molecule has 0 N–H and O–H groups in total. The van der Waals surface area contributed by atoms with Crippen LogP contribution in [0.3, 0.4) is 0 Å². The van der Waals surface area contributed by atoms with Crippen LogP contribution in [0.25, 0.3) is 0 Å². The fourth-order valence-corrected chi connectivity index (χ4v) is 10.4. The zero-order chi connectivity index (χ0) is 18.9. The van der Waals surface area contributed by atoms with E-state index in [0.717, 1.165) is 36.3 Å². The fraction of sp³-hybridized carbons (Fsp3) is 1.00. The van der Waals surface area contributed by atoms with Gasteiger partial charge in [0.15, 0.2) is 22.3 Å². The van der Waals surface area contributed by atoms with Gasteiger partial charge in [0, 0.05) is 6.42 Å². The van der Waals surface area contributed by atoms with Crippen molar-refractivity contribution < 1.29 is 18.0 Å². The molecule has 0 aromatic heterocycles. The number of ether oxygens (including phenoxy) is 1. The standard InChI is InChI=1S/C19H39FO3Si2/c1-8-24(9-2,10-3)21-14-17-19(15-18(19,20)16(7)22-17)23-25(11-4,12-5)13-6/h16-17H,8-15H2,1-7H3/t16-,17+,18?,19?/m0/s1. The van der Waals surface area contributed by atoms with E-state index in [2.05, 4.69) is 41.5 Å². The SMILES string of the molecule is CC[Si](CC)(CC)OC[C@H]1O[C@@H](C)C2(F)CC12O[Si](CC)(CC)CC. The highest BCUT2D eigenvalue weighted by Gasteiger charge is 2.82. The second kappa shape index (κ2) is 7.70. The van der Waals surface area contributed by atoms with Gasteiger partial charge < -0.3 is 13.6 Å². The topological polar surface area (TPSA) is 27.7 Å². The van der Waals surface area contributed by atoms with Crippen LogP contribution in [-0.2, 0) is 13.6 Å². The normalized spacial score (nSPS) is 35.0. The number of rotatable bonds is 11. The highest BCUT2D eigenvalue weighted by molar-refractivity contribution is 6.74. The van der Waals surface area contributed by atoms with Gasteiger partial charge in [0.05, 0.1) is 12.7 Å². The van der Waals surface area contributed by atoms with Crippen molar-refractivity contribution in [3.63, 3.8) is 0 Å². The number of hydrogen-bond acceptors (Lipinski definition) is 3. The van der Waals surface area contributed by atoms with Crippen LogP contribution in [0.1, 0.15) is 54.9 Å². The highest BCUT2D eigenvalue weighted by atomic mass is 28.4. The van der Waals surface area contributed by atoms with Crippen molar-refractivity contribution in [1.82, 2.24) is 0 Å². The molecular formula is C19H39FO3Si2. The van der Waals surface area contributed by atoms with Crippen LogP contribution in [0.15, 0.2) is 0 Å². The van der Waals surface area contributed by atoms with E-state index in [4.69, 9.17) is 13.6 Å². The van der Waals surface area contributed by atoms with Gasteiger partial charge >= 0.3 is 0 Å². The molecule has 6 heteroatoms. The third-order valence-electron chi connectivity index (χ3n) is 7.44. The molecule has 0 spiro atoms. The van der Waals surface area contributed by atoms with E-state index in [9.17, 15) is 0 Å². The second-order valence-corrected chi connectivity index (χ2v) is 17.6. The first-order valence-electron chi connectivity index (χ1n) is 10.4. The molecule has 4 atom stereocenters. The van der Waals surface area contributed by atoms with Crippen molar-refractivity contribution >= 4 is 16.6 Å². The van der Waals surface area contributed by atoms with Crippen molar-refractivity contribution in [3.05, 3.63) is 0 Å². The van der Waals surface area contributed by atoms with Crippen LogP contribution in [0.2, 0.25) is 36.3 Å². The molecule has 1 aliphatic carbocycles. The van der Waals surface area contributed by atoms with Crippen molar-refractivity contribution in [2.45, 2.75) is 115 Å². The molecule has 0 aromatic carbocycles. The third kappa shape index (κ3) is 3.42. The van der Waals surface area contributed by atoms with E-state index in [1.807, 2.05) is 6.92 Å². The Morgan fingerprint density at radius 2 is 1.40 bits per heavy atom. The van der Waals surface area contributed by atoms with E-state index in [-0.39, 0.29) is 12.2 Å². The Bertz CT molecular complexity index is 439. The summed E-state index contributed by atoms with van der Waals surface area (Å²) in [5, 5.41) is 0. The van der Waals surface area contributed by atoms with Crippen molar-refractivity contribution in [2.24, 2.45) is 0 Å². The Morgan fingerprint density at radius 3 is 1.80 bits per heavy atom. The molecule has 0 amide bonds. The van der Waals surface area contributed by atoms with Gasteiger partial charge in [-0.2, -0.15) is 0 Å². The van der Waals surface area contributed by atoms with Gasteiger partial charge in [-0.25, -0.2) is 4.39 Å². The van der Waals surface area contributed by atoms with Gasteiger partial charge in [0.25, 0.3) is 0 Å². The Kier molecular flexibility index (Phi) is 6.64. The van der Waals surface area contributed by atoms with Gasteiger partial charge in [-0.15, -0.1) is 0 Å². The average Bonchev–Trinajstić information content (AvgIpc) is 3.20. The molecule has 1 aliphatic heterocycles. The summed E-state index contributed by atoms with van der Waals surface area (Å²) in [5.74, 6) is 0. The maximum atomic E-state index is 15.5. The molecule has 2 fully saturated rings. The molecular weight excluding hydrogens is 351 g/mol. The lowest BCUT2D eigenvalue weighted by Crippen LogP contribution is -2.49. The van der Waals surface area contributed by atoms with Crippen LogP contribution in [0.5, 0.6) is 0 Å². The quantitative estimate of drug-likeness (QED) is 0.425. The molecule has 2 rings (SSSR count). The third-order valence-corrected chi connectivity index (χ3v) is 16.7. The van der Waals surface area contributed by atoms with Crippen LogP contribution in [-0.4, -0.2) is 46.7 Å². The molecule has 0 aromatic rings. The number of halogens is 1. The van der Waals surface area contributed by atoms with Gasteiger partial charge in [0.2, 0.25) is 0 Å². The van der Waals surface area contributed by atoms with Crippen molar-refractivity contribution in [1.29, 1.82) is 0 Å². The minimum atomic E-state index is -1.90. The van der Waals surface area contributed by atoms with E-state index in [1.54, 1.807) is 0 Å². The average molecular weight is 391 g/mol. The van der Waals surface area contributed by atoms with Gasteiger partial charge in [0.1, 0.15) is 11.7 Å². The molecule has 1 heterocycles. The van der Waals surface area contributed by atoms with E-state index in [1.165, 1.54) is 0 Å².